The van der Waals surface area contributed by atoms with Crippen LogP contribution in [0.25, 0.3) is 0 Å². The minimum absolute atomic E-state index is 0.00247. The van der Waals surface area contributed by atoms with E-state index in [1.54, 1.807) is 12.1 Å². The highest BCUT2D eigenvalue weighted by Gasteiger charge is 2.47. The topological polar surface area (TPSA) is 80.8 Å². The Morgan fingerprint density at radius 1 is 0.976 bits per heavy atom. The van der Waals surface area contributed by atoms with E-state index in [1.165, 1.54) is 24.1 Å². The Hall–Kier alpha value is -4.36. The van der Waals surface area contributed by atoms with Crippen molar-refractivity contribution in [2.75, 3.05) is 25.1 Å². The van der Waals surface area contributed by atoms with Crippen LogP contribution in [0.1, 0.15) is 50.2 Å². The van der Waals surface area contributed by atoms with Crippen LogP contribution in [-0.2, 0) is 22.6 Å². The molecule has 2 aromatic carbocycles. The van der Waals surface area contributed by atoms with Gasteiger partial charge in [0.1, 0.15) is 23.5 Å². The maximum atomic E-state index is 13.6. The van der Waals surface area contributed by atoms with Gasteiger partial charge in [-0.2, -0.15) is 26.3 Å². The molecule has 1 aliphatic carbocycles. The van der Waals surface area contributed by atoms with Gasteiger partial charge in [-0.25, -0.2) is 14.2 Å². The molecule has 5 rings (SSSR count). The summed E-state index contributed by atoms with van der Waals surface area (Å²) >= 11 is 0. The molecule has 1 saturated carbocycles. The van der Waals surface area contributed by atoms with Crippen molar-refractivity contribution in [2.24, 2.45) is 0 Å². The molecule has 1 aliphatic heterocycles. The molecule has 2 aliphatic rings. The zero-order chi connectivity index (χ0) is 30.4. The summed E-state index contributed by atoms with van der Waals surface area (Å²) in [5.41, 5.74) is -2.88. The van der Waals surface area contributed by atoms with Crippen LogP contribution in [0.2, 0.25) is 0 Å². The number of methoxy groups -OCH3 is 1. The maximum Gasteiger partial charge on any atom is 0.419 e. The molecule has 2 heterocycles. The van der Waals surface area contributed by atoms with Gasteiger partial charge >= 0.3 is 18.3 Å². The minimum Gasteiger partial charge on any atom is -0.487 e. The van der Waals surface area contributed by atoms with Gasteiger partial charge in [0.15, 0.2) is 0 Å². The first-order valence-corrected chi connectivity index (χ1v) is 12.6. The van der Waals surface area contributed by atoms with Gasteiger partial charge < -0.3 is 19.7 Å². The quantitative estimate of drug-likeness (QED) is 0.277. The van der Waals surface area contributed by atoms with Crippen molar-refractivity contribution in [3.05, 3.63) is 88.4 Å². The first kappa shape index (κ1) is 29.1. The number of pyridine rings is 1. The molecule has 222 valence electrons. The first-order chi connectivity index (χ1) is 19.7. The molecule has 0 spiro atoms. The smallest absolute Gasteiger partial charge is 0.419 e. The summed E-state index contributed by atoms with van der Waals surface area (Å²) in [5.74, 6) is -3.11. The molecule has 14 heteroatoms. The Labute approximate surface area is 234 Å². The molecule has 1 N–H and O–H groups in total. The number of nitrogens with zero attached hydrogens (tertiary/aromatic N) is 2. The lowest BCUT2D eigenvalue weighted by Gasteiger charge is -2.40. The number of hydrogen-bond donors (Lipinski definition) is 1. The molecule has 1 aromatic heterocycles. The molecule has 0 atom stereocenters. The summed E-state index contributed by atoms with van der Waals surface area (Å²) < 4.78 is 103. The number of alkyl halides is 6. The van der Waals surface area contributed by atoms with E-state index < -0.39 is 52.8 Å². The SMILES string of the molecule is COC(=O)c1ccc(C2(NC(=O)c3cc(C(F)(F)F)cnc3N3CC(Oc4ccc(F)c(C(F)(F)F)c4)C3)CC2)cc1. The van der Waals surface area contributed by atoms with Gasteiger partial charge in [0, 0.05) is 6.20 Å². The van der Waals surface area contributed by atoms with Crippen LogP contribution < -0.4 is 15.0 Å². The third-order valence-electron chi connectivity index (χ3n) is 7.09. The molecule has 0 bridgehead atoms. The summed E-state index contributed by atoms with van der Waals surface area (Å²) in [7, 11) is 1.23. The largest absolute Gasteiger partial charge is 0.487 e. The molecule has 0 unspecified atom stereocenters. The van der Waals surface area contributed by atoms with Gasteiger partial charge in [-0.1, -0.05) is 12.1 Å². The van der Waals surface area contributed by atoms with Gasteiger partial charge in [0.25, 0.3) is 5.91 Å². The number of rotatable bonds is 7. The number of carbonyl (C=O) groups excluding carboxylic acids is 2. The summed E-state index contributed by atoms with van der Waals surface area (Å²) in [6, 6.07) is 9.18. The van der Waals surface area contributed by atoms with Gasteiger partial charge in [-0.15, -0.1) is 0 Å². The van der Waals surface area contributed by atoms with Gasteiger partial charge in [-0.05, 0) is 54.8 Å². The van der Waals surface area contributed by atoms with E-state index in [0.29, 0.717) is 42.8 Å². The highest BCUT2D eigenvalue weighted by atomic mass is 19.4. The second kappa shape index (κ2) is 10.5. The van der Waals surface area contributed by atoms with E-state index in [4.69, 9.17) is 4.74 Å². The average molecular weight is 597 g/mol. The van der Waals surface area contributed by atoms with Crippen LogP contribution in [0.3, 0.4) is 0 Å². The van der Waals surface area contributed by atoms with E-state index in [0.717, 1.165) is 6.07 Å². The zero-order valence-corrected chi connectivity index (χ0v) is 21.8. The number of nitrogens with one attached hydrogen (secondary N) is 1. The molecule has 2 fully saturated rings. The lowest BCUT2D eigenvalue weighted by Crippen LogP contribution is -2.55. The number of esters is 1. The van der Waals surface area contributed by atoms with E-state index in [1.807, 2.05) is 0 Å². The predicted octanol–water partition coefficient (Wildman–Crippen LogP) is 5.73. The Morgan fingerprint density at radius 2 is 1.64 bits per heavy atom. The Bertz CT molecular complexity index is 1510. The highest BCUT2D eigenvalue weighted by molar-refractivity contribution is 6.00. The number of benzene rings is 2. The standard InChI is InChI=1S/C28H22F7N3O4/c1-41-25(40)15-2-4-16(5-3-15)26(8-9-26)37-24(39)20-10-17(27(30,31)32)12-36-23(20)38-13-19(14-38)42-18-6-7-22(29)21(11-18)28(33,34)35/h2-7,10-12,19H,8-9,13-14H2,1H3,(H,37,39). The third kappa shape index (κ3) is 5.83. The average Bonchev–Trinajstić information content (AvgIpc) is 3.70. The fraction of sp³-hybridized carbons (Fsp3) is 0.321. The Morgan fingerprint density at radius 3 is 2.21 bits per heavy atom. The molecule has 7 nitrogen and oxygen atoms in total. The number of anilines is 1. The van der Waals surface area contributed by atoms with Crippen molar-refractivity contribution in [2.45, 2.75) is 36.8 Å². The number of halogens is 7. The monoisotopic (exact) mass is 597 g/mol. The van der Waals surface area contributed by atoms with Crippen LogP contribution in [0.15, 0.2) is 54.7 Å². The van der Waals surface area contributed by atoms with Crippen molar-refractivity contribution in [1.82, 2.24) is 10.3 Å². The van der Waals surface area contributed by atoms with Crippen LogP contribution >= 0.6 is 0 Å². The van der Waals surface area contributed by atoms with Gasteiger partial charge in [-0.3, -0.25) is 4.79 Å². The lowest BCUT2D eigenvalue weighted by molar-refractivity contribution is -0.140. The molecule has 42 heavy (non-hydrogen) atoms. The lowest BCUT2D eigenvalue weighted by atomic mass is 10.0. The second-order valence-electron chi connectivity index (χ2n) is 9.98. The predicted molar refractivity (Wildman–Crippen MR) is 133 cm³/mol. The highest BCUT2D eigenvalue weighted by Crippen LogP contribution is 2.46. The number of amides is 1. The Balaban J connectivity index is 1.34. The van der Waals surface area contributed by atoms with Crippen LogP contribution in [0, 0.1) is 5.82 Å². The van der Waals surface area contributed by atoms with Gasteiger partial charge in [0.05, 0.1) is 48.0 Å². The van der Waals surface area contributed by atoms with Gasteiger partial charge in [0.2, 0.25) is 0 Å². The number of aromatic nitrogens is 1. The summed E-state index contributed by atoms with van der Waals surface area (Å²) in [6.07, 6.45) is -8.79. The van der Waals surface area contributed by atoms with E-state index in [-0.39, 0.29) is 35.8 Å². The maximum absolute atomic E-state index is 13.6. The normalized spacial score (nSPS) is 16.4. The zero-order valence-electron chi connectivity index (χ0n) is 21.8. The van der Waals surface area contributed by atoms with Crippen molar-refractivity contribution < 1.29 is 49.8 Å². The Kier molecular flexibility index (Phi) is 7.27. The van der Waals surface area contributed by atoms with Crippen LogP contribution in [0.5, 0.6) is 5.75 Å². The van der Waals surface area contributed by atoms with Crippen molar-refractivity contribution in [3.8, 4) is 5.75 Å². The fourth-order valence-electron chi connectivity index (χ4n) is 4.64. The summed E-state index contributed by atoms with van der Waals surface area (Å²) in [6.45, 7) is -0.00495. The molecule has 0 radical (unpaired) electrons. The van der Waals surface area contributed by atoms with E-state index in [2.05, 4.69) is 15.0 Å². The second-order valence-corrected chi connectivity index (χ2v) is 9.98. The fourth-order valence-corrected chi connectivity index (χ4v) is 4.64. The molecule has 3 aromatic rings. The van der Waals surface area contributed by atoms with Crippen molar-refractivity contribution in [1.29, 1.82) is 0 Å². The molecule has 1 amide bonds. The molecule has 1 saturated heterocycles. The van der Waals surface area contributed by atoms with E-state index >= 15 is 0 Å². The number of ether oxygens (including phenoxy) is 2. The summed E-state index contributed by atoms with van der Waals surface area (Å²) in [5, 5.41) is 2.80. The van der Waals surface area contributed by atoms with E-state index in [9.17, 15) is 40.3 Å². The number of carbonyl (C=O) groups is 2. The van der Waals surface area contributed by atoms with Crippen LogP contribution in [-0.4, -0.2) is 43.2 Å². The third-order valence-corrected chi connectivity index (χ3v) is 7.09. The number of hydrogen-bond acceptors (Lipinski definition) is 6. The van der Waals surface area contributed by atoms with Crippen molar-refractivity contribution >= 4 is 17.7 Å². The van der Waals surface area contributed by atoms with Crippen LogP contribution in [0.4, 0.5) is 36.6 Å². The molecular formula is C28H22F7N3O4. The molecular weight excluding hydrogens is 575 g/mol. The minimum atomic E-state index is -4.93. The first-order valence-electron chi connectivity index (χ1n) is 12.6. The van der Waals surface area contributed by atoms with Crippen molar-refractivity contribution in [3.63, 3.8) is 0 Å². The summed E-state index contributed by atoms with van der Waals surface area (Å²) in [4.78, 5) is 30.5.